The first-order valence-electron chi connectivity index (χ1n) is 14.2. The van der Waals surface area contributed by atoms with Crippen LogP contribution < -0.4 is 10.6 Å². The fourth-order valence-corrected chi connectivity index (χ4v) is 9.95. The molecule has 0 aromatic carbocycles. The second kappa shape index (κ2) is 9.38. The predicted molar refractivity (Wildman–Crippen MR) is 129 cm³/mol. The summed E-state index contributed by atoms with van der Waals surface area (Å²) in [4.78, 5) is 25.9. The third-order valence-electron chi connectivity index (χ3n) is 10.5. The van der Waals surface area contributed by atoms with Gasteiger partial charge in [0.15, 0.2) is 0 Å². The van der Waals surface area contributed by atoms with E-state index in [2.05, 4.69) is 10.6 Å². The minimum atomic E-state index is -0.0710. The summed E-state index contributed by atoms with van der Waals surface area (Å²) >= 11 is 0. The summed E-state index contributed by atoms with van der Waals surface area (Å²) in [6.07, 6.45) is 14.8. The van der Waals surface area contributed by atoms with Gasteiger partial charge >= 0.3 is 0 Å². The zero-order valence-corrected chi connectivity index (χ0v) is 20.8. The molecule has 34 heavy (non-hydrogen) atoms. The van der Waals surface area contributed by atoms with Crippen molar-refractivity contribution in [1.82, 2.24) is 10.6 Å². The predicted octanol–water partition coefficient (Wildman–Crippen LogP) is 3.68. The highest BCUT2D eigenvalue weighted by molar-refractivity contribution is 5.83. The van der Waals surface area contributed by atoms with Crippen LogP contribution in [0.25, 0.3) is 0 Å². The fourth-order valence-electron chi connectivity index (χ4n) is 9.95. The van der Waals surface area contributed by atoms with Crippen molar-refractivity contribution in [2.75, 3.05) is 39.5 Å². The number of ether oxygens (including phenoxy) is 2. The molecule has 0 aromatic rings. The lowest BCUT2D eigenvalue weighted by Gasteiger charge is -2.55. The minimum Gasteiger partial charge on any atom is -0.377 e. The summed E-state index contributed by atoms with van der Waals surface area (Å²) in [5, 5.41) is 6.33. The first-order chi connectivity index (χ1) is 16.5. The van der Waals surface area contributed by atoms with E-state index in [4.69, 9.17) is 9.47 Å². The molecule has 0 saturated heterocycles. The zero-order chi connectivity index (χ0) is 23.2. The molecule has 8 aliphatic carbocycles. The Kier molecular flexibility index (Phi) is 6.42. The smallest absolute Gasteiger partial charge is 0.226 e. The van der Waals surface area contributed by atoms with Gasteiger partial charge in [0.05, 0.1) is 26.4 Å². The molecular weight excluding hydrogens is 428 g/mol. The zero-order valence-electron chi connectivity index (χ0n) is 20.8. The van der Waals surface area contributed by atoms with Crippen LogP contribution in [0.15, 0.2) is 0 Å². The first-order valence-corrected chi connectivity index (χ1v) is 14.2. The number of carbonyl (C=O) groups excluding carboxylic acids is 2. The lowest BCUT2D eigenvalue weighted by molar-refractivity contribution is -0.147. The van der Waals surface area contributed by atoms with E-state index in [1.54, 1.807) is 0 Å². The highest BCUT2D eigenvalue weighted by atomic mass is 16.5. The monoisotopic (exact) mass is 472 g/mol. The normalized spacial score (nSPS) is 43.3. The molecule has 8 aliphatic rings. The van der Waals surface area contributed by atoms with E-state index in [9.17, 15) is 9.59 Å². The largest absolute Gasteiger partial charge is 0.377 e. The van der Waals surface area contributed by atoms with Gasteiger partial charge in [-0.1, -0.05) is 0 Å². The van der Waals surface area contributed by atoms with E-state index >= 15 is 0 Å². The van der Waals surface area contributed by atoms with Gasteiger partial charge in [0.1, 0.15) is 0 Å². The third-order valence-corrected chi connectivity index (χ3v) is 10.5. The lowest BCUT2D eigenvalue weighted by atomic mass is 9.49. The molecule has 0 radical (unpaired) electrons. The second-order valence-electron chi connectivity index (χ2n) is 13.1. The maximum absolute atomic E-state index is 12.9. The van der Waals surface area contributed by atoms with Crippen molar-refractivity contribution in [3.05, 3.63) is 0 Å². The summed E-state index contributed by atoms with van der Waals surface area (Å²) in [6, 6.07) is 0. The Balaban J connectivity index is 0.809. The van der Waals surface area contributed by atoms with E-state index in [-0.39, 0.29) is 22.6 Å². The number of nitrogens with one attached hydrogen (secondary N) is 2. The highest BCUT2D eigenvalue weighted by Gasteiger charge is 2.55. The molecule has 0 unspecified atom stereocenters. The number of rotatable bonds is 11. The van der Waals surface area contributed by atoms with Gasteiger partial charge < -0.3 is 20.1 Å². The molecule has 8 saturated carbocycles. The maximum atomic E-state index is 12.9. The van der Waals surface area contributed by atoms with Gasteiger partial charge in [0.2, 0.25) is 11.8 Å². The quantitative estimate of drug-likeness (QED) is 0.450. The number of hydrogen-bond donors (Lipinski definition) is 2. The van der Waals surface area contributed by atoms with E-state index in [1.165, 1.54) is 38.5 Å². The second-order valence-corrected chi connectivity index (χ2v) is 13.1. The summed E-state index contributed by atoms with van der Waals surface area (Å²) in [6.45, 7) is 3.28. The molecule has 0 heterocycles. The Morgan fingerprint density at radius 1 is 0.529 bits per heavy atom. The molecule has 0 atom stereocenters. The molecule has 0 spiro atoms. The van der Waals surface area contributed by atoms with Crippen LogP contribution in [0, 0.1) is 46.3 Å². The average Bonchev–Trinajstić information content (AvgIpc) is 2.78. The van der Waals surface area contributed by atoms with Crippen LogP contribution in [0.4, 0.5) is 0 Å². The van der Waals surface area contributed by atoms with Crippen LogP contribution in [-0.4, -0.2) is 51.3 Å². The Morgan fingerprint density at radius 2 is 0.824 bits per heavy atom. The van der Waals surface area contributed by atoms with Crippen molar-refractivity contribution in [2.45, 2.75) is 77.0 Å². The van der Waals surface area contributed by atoms with Crippen LogP contribution in [0.5, 0.6) is 0 Å². The van der Waals surface area contributed by atoms with Gasteiger partial charge in [-0.2, -0.15) is 0 Å². The third kappa shape index (κ3) is 4.54. The van der Waals surface area contributed by atoms with E-state index in [1.807, 2.05) is 0 Å². The first kappa shape index (κ1) is 23.3. The van der Waals surface area contributed by atoms with Gasteiger partial charge in [-0.25, -0.2) is 0 Å². The van der Waals surface area contributed by atoms with E-state index < -0.39 is 0 Å². The molecule has 6 nitrogen and oxygen atoms in total. The number of amides is 2. The molecule has 8 fully saturated rings. The van der Waals surface area contributed by atoms with Crippen LogP contribution in [0.3, 0.4) is 0 Å². The molecule has 0 aromatic heterocycles. The Hall–Kier alpha value is -1.14. The van der Waals surface area contributed by atoms with Crippen LogP contribution in [-0.2, 0) is 19.1 Å². The van der Waals surface area contributed by atoms with Crippen molar-refractivity contribution in [3.63, 3.8) is 0 Å². The molecular formula is C28H44N2O4. The Morgan fingerprint density at radius 3 is 1.12 bits per heavy atom. The maximum Gasteiger partial charge on any atom is 0.226 e. The number of hydrogen-bond acceptors (Lipinski definition) is 4. The summed E-state index contributed by atoms with van der Waals surface area (Å²) < 4.78 is 11.3. The van der Waals surface area contributed by atoms with Crippen LogP contribution in [0.1, 0.15) is 77.0 Å². The molecule has 6 heteroatoms. The fraction of sp³-hybridized carbons (Fsp3) is 0.929. The van der Waals surface area contributed by atoms with Crippen molar-refractivity contribution < 1.29 is 19.1 Å². The topological polar surface area (TPSA) is 76.7 Å². The van der Waals surface area contributed by atoms with Crippen LogP contribution >= 0.6 is 0 Å². The van der Waals surface area contributed by atoms with Gasteiger partial charge in [0, 0.05) is 23.9 Å². The van der Waals surface area contributed by atoms with Gasteiger partial charge in [-0.3, -0.25) is 9.59 Å². The highest BCUT2D eigenvalue weighted by Crippen LogP contribution is 2.61. The molecule has 0 aliphatic heterocycles. The molecule has 2 N–H and O–H groups in total. The molecule has 8 bridgehead atoms. The van der Waals surface area contributed by atoms with E-state index in [0.717, 1.165) is 74.0 Å². The Bertz CT molecular complexity index is 646. The van der Waals surface area contributed by atoms with Crippen molar-refractivity contribution in [3.8, 4) is 0 Å². The number of carbonyl (C=O) groups is 2. The van der Waals surface area contributed by atoms with Crippen molar-refractivity contribution in [2.24, 2.45) is 46.3 Å². The van der Waals surface area contributed by atoms with Crippen molar-refractivity contribution >= 4 is 11.8 Å². The standard InChI is InChI=1S/C28H44N2O4/c31-25(27-13-19-7-20(14-27)9-21(8-19)15-27)29-1-3-33-5-6-34-4-2-30-26(32)28-16-22-10-23(17-28)12-24(11-22)18-28/h19-24H,1-18H2,(H,29,31)(H,30,32). The van der Waals surface area contributed by atoms with Gasteiger partial charge in [-0.05, 0) is 113 Å². The Labute approximate surface area is 204 Å². The minimum absolute atomic E-state index is 0.0710. The SMILES string of the molecule is O=C(NCCOCCOCCNC(=O)C12CC3CC(CC(C3)C1)C2)C12CC3CC(CC(C3)C1)C2. The molecule has 8 rings (SSSR count). The molecule has 2 amide bonds. The average molecular weight is 473 g/mol. The van der Waals surface area contributed by atoms with Crippen molar-refractivity contribution in [1.29, 1.82) is 0 Å². The lowest BCUT2D eigenvalue weighted by Crippen LogP contribution is -2.54. The molecule has 190 valence electrons. The summed E-state index contributed by atoms with van der Waals surface area (Å²) in [7, 11) is 0. The summed E-state index contributed by atoms with van der Waals surface area (Å²) in [5.74, 6) is 5.32. The van der Waals surface area contributed by atoms with Gasteiger partial charge in [-0.15, -0.1) is 0 Å². The van der Waals surface area contributed by atoms with Gasteiger partial charge in [0.25, 0.3) is 0 Å². The summed E-state index contributed by atoms with van der Waals surface area (Å²) in [5.41, 5.74) is -0.142. The van der Waals surface area contributed by atoms with Crippen LogP contribution in [0.2, 0.25) is 0 Å². The van der Waals surface area contributed by atoms with E-state index in [0.29, 0.717) is 39.5 Å².